The lowest BCUT2D eigenvalue weighted by Crippen LogP contribution is -3.00. The van der Waals surface area contributed by atoms with Gasteiger partial charge in [0.25, 0.3) is 0 Å². The number of aliphatic hydroxyl groups excluding tert-OH is 1. The molecule has 1 atom stereocenters. The molecular weight excluding hydrogens is 560 g/mol. The number of methoxy groups -OCH3 is 6. The molecule has 2 aromatic carbocycles. The van der Waals surface area contributed by atoms with E-state index in [0.717, 1.165) is 0 Å². The molecule has 14 heteroatoms. The van der Waals surface area contributed by atoms with Crippen molar-refractivity contribution in [3.8, 4) is 40.2 Å². The Labute approximate surface area is 244 Å². The number of nitrogens with zero attached hydrogens (tertiary/aromatic N) is 3. The first kappa shape index (κ1) is 31.8. The minimum Gasteiger partial charge on any atom is -1.00 e. The number of likely N-dealkylation sites (tertiary alicyclic amines) is 1. The van der Waals surface area contributed by atoms with Crippen LogP contribution in [0.1, 0.15) is 18.9 Å². The normalized spacial score (nSPS) is 14.6. The van der Waals surface area contributed by atoms with Gasteiger partial charge in [0, 0.05) is 50.7 Å². The lowest BCUT2D eigenvalue weighted by molar-refractivity contribution is -0.441. The fourth-order valence-corrected chi connectivity index (χ4v) is 4.99. The van der Waals surface area contributed by atoms with E-state index in [4.69, 9.17) is 33.2 Å². The van der Waals surface area contributed by atoms with Crippen molar-refractivity contribution in [1.82, 2.24) is 14.8 Å². The third-order valence-corrected chi connectivity index (χ3v) is 6.99. The van der Waals surface area contributed by atoms with Crippen molar-refractivity contribution in [2.75, 3.05) is 68.9 Å². The van der Waals surface area contributed by atoms with Gasteiger partial charge in [0.05, 0.1) is 47.9 Å². The van der Waals surface area contributed by atoms with Crippen LogP contribution in [0.25, 0.3) is 10.9 Å². The first-order valence-corrected chi connectivity index (χ1v) is 12.8. The van der Waals surface area contributed by atoms with Gasteiger partial charge < -0.3 is 55.6 Å². The molecule has 0 amide bonds. The Bertz CT molecular complexity index is 1350. The molecule has 0 saturated carbocycles. The highest BCUT2D eigenvalue weighted by Gasteiger charge is 2.30. The molecule has 0 radical (unpaired) electrons. The topological polar surface area (TPSA) is 137 Å². The van der Waals surface area contributed by atoms with Crippen molar-refractivity contribution < 1.29 is 55.8 Å². The van der Waals surface area contributed by atoms with Gasteiger partial charge >= 0.3 is 5.56 Å². The number of H-pyrrole nitrogens is 1. The number of benzene rings is 2. The van der Waals surface area contributed by atoms with Crippen LogP contribution in [0.4, 0.5) is 0 Å². The highest BCUT2D eigenvalue weighted by atomic mass is 35.5. The zero-order chi connectivity index (χ0) is 28.8. The number of β-amino-alcohol motifs (C(OH)–C–C–N with tert-alkyl or cyclic N) is 1. The monoisotopic (exact) mass is 596 g/mol. The SMILES string of the molecule is COc1cc(OCC(O)CN2CCC(n3n[nH+]c4c(OC)c(OC)c(OC)cc4c3=O)CC2)cc(OC)c1OC.[Cl-]. The molecule has 1 aliphatic rings. The summed E-state index contributed by atoms with van der Waals surface area (Å²) in [7, 11) is 9.10. The molecule has 4 rings (SSSR count). The van der Waals surface area contributed by atoms with Crippen molar-refractivity contribution >= 4 is 10.9 Å². The Morgan fingerprint density at radius 3 is 1.98 bits per heavy atom. The van der Waals surface area contributed by atoms with Gasteiger partial charge in [0.2, 0.25) is 22.8 Å². The highest BCUT2D eigenvalue weighted by Crippen LogP contribution is 2.41. The summed E-state index contributed by atoms with van der Waals surface area (Å²) in [6.07, 6.45) is 0.661. The fraction of sp³-hybridized carbons (Fsp3) is 0.519. The lowest BCUT2D eigenvalue weighted by Gasteiger charge is -2.31. The van der Waals surface area contributed by atoms with E-state index in [0.29, 0.717) is 83.6 Å². The van der Waals surface area contributed by atoms with E-state index in [1.54, 1.807) is 18.2 Å². The Morgan fingerprint density at radius 2 is 1.44 bits per heavy atom. The van der Waals surface area contributed by atoms with Crippen LogP contribution in [0.2, 0.25) is 0 Å². The number of halogens is 1. The van der Waals surface area contributed by atoms with Gasteiger partial charge in [-0.15, -0.1) is 5.10 Å². The van der Waals surface area contributed by atoms with Gasteiger partial charge in [0.1, 0.15) is 29.9 Å². The van der Waals surface area contributed by atoms with Crippen molar-refractivity contribution in [2.45, 2.75) is 25.0 Å². The van der Waals surface area contributed by atoms with E-state index in [1.165, 1.54) is 47.3 Å². The predicted octanol–water partition coefficient (Wildman–Crippen LogP) is -1.66. The van der Waals surface area contributed by atoms with Crippen LogP contribution in [-0.4, -0.2) is 94.9 Å². The number of rotatable bonds is 12. The smallest absolute Gasteiger partial charge is 0.365 e. The molecule has 2 N–H and O–H groups in total. The standard InChI is InChI=1S/C27H36N4O9.ClH/c1-34-20-11-18(12-21(35-2)24(20)37-4)40-15-17(32)14-30-9-7-16(8-10-30)31-27(33)19-13-22(36-3)25(38-5)26(39-6)23(19)28-29-31;/h11-13,16-17,32H,7-10,14-15H2,1-6H3;1H. The first-order valence-electron chi connectivity index (χ1n) is 12.8. The van der Waals surface area contributed by atoms with Crippen LogP contribution in [0.3, 0.4) is 0 Å². The molecule has 1 fully saturated rings. The number of aliphatic hydroxyl groups is 1. The molecule has 41 heavy (non-hydrogen) atoms. The van der Waals surface area contributed by atoms with Crippen LogP contribution in [0, 0.1) is 0 Å². The van der Waals surface area contributed by atoms with Gasteiger partial charge in [0.15, 0.2) is 17.2 Å². The van der Waals surface area contributed by atoms with Gasteiger partial charge in [-0.1, -0.05) is 4.68 Å². The van der Waals surface area contributed by atoms with Crippen molar-refractivity contribution in [1.29, 1.82) is 0 Å². The molecule has 226 valence electrons. The molecule has 0 aliphatic carbocycles. The number of fused-ring (bicyclic) bond motifs is 1. The van der Waals surface area contributed by atoms with E-state index in [1.807, 2.05) is 0 Å². The maximum Gasteiger partial charge on any atom is 0.365 e. The molecule has 1 unspecified atom stereocenters. The van der Waals surface area contributed by atoms with Gasteiger partial charge in [-0.3, -0.25) is 0 Å². The zero-order valence-corrected chi connectivity index (χ0v) is 24.8. The summed E-state index contributed by atoms with van der Waals surface area (Å²) in [5, 5.41) is 18.3. The fourth-order valence-electron chi connectivity index (χ4n) is 4.99. The molecule has 13 nitrogen and oxygen atoms in total. The van der Waals surface area contributed by atoms with E-state index >= 15 is 0 Å². The predicted molar refractivity (Wildman–Crippen MR) is 145 cm³/mol. The summed E-state index contributed by atoms with van der Waals surface area (Å²) >= 11 is 0. The number of hydrogen-bond donors (Lipinski definition) is 1. The van der Waals surface area contributed by atoms with Crippen molar-refractivity contribution in [3.63, 3.8) is 0 Å². The van der Waals surface area contributed by atoms with E-state index in [9.17, 15) is 9.90 Å². The molecular formula is C27H37ClN4O9. The third kappa shape index (κ3) is 6.63. The minimum atomic E-state index is -0.722. The second-order valence-corrected chi connectivity index (χ2v) is 9.29. The van der Waals surface area contributed by atoms with Gasteiger partial charge in [-0.05, 0) is 0 Å². The average Bonchev–Trinajstić information content (AvgIpc) is 2.99. The summed E-state index contributed by atoms with van der Waals surface area (Å²) in [4.78, 5) is 15.6. The molecule has 1 aliphatic heterocycles. The Kier molecular flexibility index (Phi) is 11.1. The molecule has 0 spiro atoms. The van der Waals surface area contributed by atoms with Gasteiger partial charge in [-0.25, -0.2) is 4.79 Å². The average molecular weight is 597 g/mol. The van der Waals surface area contributed by atoms with Gasteiger partial charge in [-0.2, -0.15) is 0 Å². The number of nitrogens with one attached hydrogen (secondary N) is 1. The first-order chi connectivity index (χ1) is 19.4. The minimum absolute atomic E-state index is 0. The second kappa shape index (κ2) is 14.3. The molecule has 3 aromatic rings. The van der Waals surface area contributed by atoms with Crippen LogP contribution >= 0.6 is 0 Å². The van der Waals surface area contributed by atoms with Crippen molar-refractivity contribution in [2.24, 2.45) is 0 Å². The number of ether oxygens (including phenoxy) is 7. The summed E-state index contributed by atoms with van der Waals surface area (Å²) in [5.74, 6) is 3.04. The quantitative estimate of drug-likeness (QED) is 0.257. The summed E-state index contributed by atoms with van der Waals surface area (Å²) in [6.45, 7) is 1.89. The van der Waals surface area contributed by atoms with E-state index < -0.39 is 6.10 Å². The zero-order valence-electron chi connectivity index (χ0n) is 24.1. The molecule has 1 aromatic heterocycles. The van der Waals surface area contributed by atoms with Crippen LogP contribution < -0.4 is 56.2 Å². The number of aromatic nitrogens is 3. The molecule has 1 saturated heterocycles. The maximum atomic E-state index is 13.4. The Hall–Kier alpha value is -3.68. The van der Waals surface area contributed by atoms with E-state index in [2.05, 4.69) is 15.2 Å². The Balaban J connectivity index is 0.00000462. The summed E-state index contributed by atoms with van der Waals surface area (Å²) in [6, 6.07) is 4.90. The lowest BCUT2D eigenvalue weighted by atomic mass is 10.0. The number of hydrogen-bond acceptors (Lipinski definition) is 11. The number of aromatic amines is 1. The summed E-state index contributed by atoms with van der Waals surface area (Å²) < 4.78 is 39.6. The number of piperidine rings is 1. The Morgan fingerprint density at radius 1 is 0.878 bits per heavy atom. The van der Waals surface area contributed by atoms with Crippen LogP contribution in [0.15, 0.2) is 23.0 Å². The third-order valence-electron chi connectivity index (χ3n) is 6.99. The van der Waals surface area contributed by atoms with E-state index in [-0.39, 0.29) is 30.6 Å². The summed E-state index contributed by atoms with van der Waals surface area (Å²) in [5.41, 5.74) is 0.194. The molecule has 0 bridgehead atoms. The largest absolute Gasteiger partial charge is 1.00 e. The van der Waals surface area contributed by atoms with Crippen LogP contribution in [-0.2, 0) is 0 Å². The highest BCUT2D eigenvalue weighted by molar-refractivity contribution is 5.86. The van der Waals surface area contributed by atoms with Crippen molar-refractivity contribution in [3.05, 3.63) is 28.6 Å². The second-order valence-electron chi connectivity index (χ2n) is 9.29. The maximum absolute atomic E-state index is 13.4. The molecule has 2 heterocycles. The van der Waals surface area contributed by atoms with Crippen LogP contribution in [0.5, 0.6) is 40.2 Å².